The van der Waals surface area contributed by atoms with Gasteiger partial charge in [-0.1, -0.05) is 6.07 Å². The Balaban J connectivity index is 2.01. The molecule has 0 fully saturated rings. The average molecular weight is 360 g/mol. The van der Waals surface area contributed by atoms with Gasteiger partial charge in [-0.05, 0) is 37.1 Å². The van der Waals surface area contributed by atoms with Gasteiger partial charge < -0.3 is 4.74 Å². The highest BCUT2D eigenvalue weighted by Gasteiger charge is 2.26. The van der Waals surface area contributed by atoms with Gasteiger partial charge in [0.25, 0.3) is 5.91 Å². The third-order valence-corrected chi connectivity index (χ3v) is 3.10. The molecule has 0 aliphatic heterocycles. The van der Waals surface area contributed by atoms with Crippen LogP contribution in [0.1, 0.15) is 11.1 Å². The first kappa shape index (κ1) is 18.5. The highest BCUT2D eigenvalue weighted by Crippen LogP contribution is 2.26. The van der Waals surface area contributed by atoms with Crippen LogP contribution in [0, 0.1) is 42.9 Å². The van der Waals surface area contributed by atoms with E-state index in [0.29, 0.717) is 5.75 Å². The molecular formula is C16H13F5N2O2. The number of hydrogen-bond acceptors (Lipinski definition) is 3. The molecule has 0 saturated carbocycles. The van der Waals surface area contributed by atoms with Crippen molar-refractivity contribution in [3.05, 3.63) is 58.4 Å². The van der Waals surface area contributed by atoms with Gasteiger partial charge in [-0.2, -0.15) is 0 Å². The molecule has 0 bridgehead atoms. The van der Waals surface area contributed by atoms with Crippen LogP contribution >= 0.6 is 0 Å². The van der Waals surface area contributed by atoms with Crippen molar-refractivity contribution in [2.24, 2.45) is 0 Å². The zero-order valence-corrected chi connectivity index (χ0v) is 13.1. The molecule has 0 atom stereocenters. The Hall–Kier alpha value is -2.84. The minimum atomic E-state index is -2.29. The molecular weight excluding hydrogens is 347 g/mol. The second-order valence-corrected chi connectivity index (χ2v) is 5.23. The monoisotopic (exact) mass is 360 g/mol. The summed E-state index contributed by atoms with van der Waals surface area (Å²) in [5, 5.41) is 0. The van der Waals surface area contributed by atoms with Crippen LogP contribution in [-0.4, -0.2) is 12.5 Å². The predicted molar refractivity (Wildman–Crippen MR) is 79.4 cm³/mol. The molecule has 9 heteroatoms. The third kappa shape index (κ3) is 4.17. The molecule has 0 saturated heterocycles. The number of anilines is 1. The first-order valence-corrected chi connectivity index (χ1v) is 6.98. The maximum absolute atomic E-state index is 13.4. The normalized spacial score (nSPS) is 10.5. The molecule has 0 radical (unpaired) electrons. The Morgan fingerprint density at radius 3 is 1.88 bits per heavy atom. The Labute approximate surface area is 139 Å². The average Bonchev–Trinajstić information content (AvgIpc) is 2.55. The van der Waals surface area contributed by atoms with Crippen molar-refractivity contribution in [3.8, 4) is 5.75 Å². The smallest absolute Gasteiger partial charge is 0.276 e. The van der Waals surface area contributed by atoms with E-state index in [1.54, 1.807) is 23.0 Å². The molecule has 0 aromatic heterocycles. The van der Waals surface area contributed by atoms with E-state index < -0.39 is 47.3 Å². The van der Waals surface area contributed by atoms with E-state index in [9.17, 15) is 26.7 Å². The standard InChI is InChI=1S/C16H13F5N2O2/c1-7-3-8(2)5-9(4-7)25-6-10(24)22-23-16-14(20)12(18)11(17)13(19)15(16)21/h3-5,23H,6H2,1-2H3,(H,22,24). The maximum atomic E-state index is 13.4. The van der Waals surface area contributed by atoms with Gasteiger partial charge in [0.05, 0.1) is 0 Å². The van der Waals surface area contributed by atoms with Gasteiger partial charge in [-0.25, -0.2) is 22.0 Å². The number of halogens is 5. The van der Waals surface area contributed by atoms with Crippen molar-refractivity contribution in [1.82, 2.24) is 5.43 Å². The maximum Gasteiger partial charge on any atom is 0.276 e. The van der Waals surface area contributed by atoms with Crippen LogP contribution in [-0.2, 0) is 4.79 Å². The van der Waals surface area contributed by atoms with Crippen molar-refractivity contribution in [3.63, 3.8) is 0 Å². The molecule has 2 N–H and O–H groups in total. The second-order valence-electron chi connectivity index (χ2n) is 5.23. The van der Waals surface area contributed by atoms with Crippen LogP contribution in [0.4, 0.5) is 27.6 Å². The van der Waals surface area contributed by atoms with Crippen molar-refractivity contribution in [2.75, 3.05) is 12.0 Å². The van der Waals surface area contributed by atoms with Crippen LogP contribution in [0.15, 0.2) is 18.2 Å². The molecule has 2 aromatic rings. The summed E-state index contributed by atoms with van der Waals surface area (Å²) in [5.41, 5.74) is 3.91. The highest BCUT2D eigenvalue weighted by atomic mass is 19.2. The molecule has 2 aromatic carbocycles. The first-order valence-electron chi connectivity index (χ1n) is 6.98. The van der Waals surface area contributed by atoms with Crippen molar-refractivity contribution in [2.45, 2.75) is 13.8 Å². The summed E-state index contributed by atoms with van der Waals surface area (Å²) in [6.07, 6.45) is 0. The van der Waals surface area contributed by atoms with Gasteiger partial charge in [-0.3, -0.25) is 15.6 Å². The van der Waals surface area contributed by atoms with Crippen LogP contribution in [0.5, 0.6) is 5.75 Å². The van der Waals surface area contributed by atoms with Gasteiger partial charge >= 0.3 is 0 Å². The van der Waals surface area contributed by atoms with Crippen LogP contribution in [0.25, 0.3) is 0 Å². The Morgan fingerprint density at radius 1 is 0.880 bits per heavy atom. The summed E-state index contributed by atoms with van der Waals surface area (Å²) in [5.74, 6) is -11.2. The van der Waals surface area contributed by atoms with Crippen molar-refractivity contribution in [1.29, 1.82) is 0 Å². The number of carbonyl (C=O) groups excluding carboxylic acids is 1. The lowest BCUT2D eigenvalue weighted by atomic mass is 10.1. The van der Waals surface area contributed by atoms with Crippen LogP contribution in [0.2, 0.25) is 0 Å². The van der Waals surface area contributed by atoms with E-state index in [1.165, 1.54) is 0 Å². The fraction of sp³-hybridized carbons (Fsp3) is 0.188. The number of carbonyl (C=O) groups is 1. The number of aryl methyl sites for hydroxylation is 2. The molecule has 0 heterocycles. The number of nitrogens with one attached hydrogen (secondary N) is 2. The molecule has 4 nitrogen and oxygen atoms in total. The predicted octanol–water partition coefficient (Wildman–Crippen LogP) is 3.52. The fourth-order valence-corrected chi connectivity index (χ4v) is 2.05. The third-order valence-electron chi connectivity index (χ3n) is 3.10. The Morgan fingerprint density at radius 2 is 1.36 bits per heavy atom. The number of hydrogen-bond donors (Lipinski definition) is 2. The minimum Gasteiger partial charge on any atom is -0.484 e. The molecule has 1 amide bonds. The quantitative estimate of drug-likeness (QED) is 0.371. The summed E-state index contributed by atoms with van der Waals surface area (Å²) in [4.78, 5) is 11.6. The second kappa shape index (κ2) is 7.37. The molecule has 0 aliphatic carbocycles. The van der Waals surface area contributed by atoms with E-state index in [2.05, 4.69) is 0 Å². The summed E-state index contributed by atoms with van der Waals surface area (Å²) < 4.78 is 71.0. The van der Waals surface area contributed by atoms with E-state index >= 15 is 0 Å². The largest absolute Gasteiger partial charge is 0.484 e. The van der Waals surface area contributed by atoms with Crippen molar-refractivity contribution < 1.29 is 31.5 Å². The summed E-state index contributed by atoms with van der Waals surface area (Å²) in [6.45, 7) is 3.11. The molecule has 134 valence electrons. The highest BCUT2D eigenvalue weighted by molar-refractivity contribution is 5.79. The summed E-state index contributed by atoms with van der Waals surface area (Å²) >= 11 is 0. The topological polar surface area (TPSA) is 50.4 Å². The van der Waals surface area contributed by atoms with Gasteiger partial charge in [0.15, 0.2) is 29.9 Å². The lowest BCUT2D eigenvalue weighted by molar-refractivity contribution is -0.122. The first-order chi connectivity index (χ1) is 11.7. The van der Waals surface area contributed by atoms with Crippen LogP contribution in [0.3, 0.4) is 0 Å². The lowest BCUT2D eigenvalue weighted by Gasteiger charge is -2.12. The number of amides is 1. The van der Waals surface area contributed by atoms with E-state index in [1.807, 2.05) is 19.9 Å². The molecule has 0 unspecified atom stereocenters. The van der Waals surface area contributed by atoms with Gasteiger partial charge in [0, 0.05) is 0 Å². The van der Waals surface area contributed by atoms with Gasteiger partial charge in [0.2, 0.25) is 5.82 Å². The number of benzene rings is 2. The lowest BCUT2D eigenvalue weighted by Crippen LogP contribution is -2.34. The molecule has 0 spiro atoms. The number of hydrazine groups is 1. The molecule has 0 aliphatic rings. The van der Waals surface area contributed by atoms with Crippen LogP contribution < -0.4 is 15.6 Å². The molecule has 2 rings (SSSR count). The van der Waals surface area contributed by atoms with Gasteiger partial charge in [-0.15, -0.1) is 0 Å². The minimum absolute atomic E-state index is 0.392. The molecule has 25 heavy (non-hydrogen) atoms. The van der Waals surface area contributed by atoms with E-state index in [4.69, 9.17) is 4.74 Å². The Bertz CT molecular complexity index is 777. The SMILES string of the molecule is Cc1cc(C)cc(OCC(=O)NNc2c(F)c(F)c(F)c(F)c2F)c1. The zero-order chi connectivity index (χ0) is 18.7. The van der Waals surface area contributed by atoms with Gasteiger partial charge in [0.1, 0.15) is 11.4 Å². The van der Waals surface area contributed by atoms with Crippen molar-refractivity contribution >= 4 is 11.6 Å². The fourth-order valence-electron chi connectivity index (χ4n) is 2.05. The number of rotatable bonds is 5. The van der Waals surface area contributed by atoms with E-state index in [0.717, 1.165) is 11.1 Å². The summed E-state index contributed by atoms with van der Waals surface area (Å²) in [7, 11) is 0. The Kier molecular flexibility index (Phi) is 5.45. The van der Waals surface area contributed by atoms with E-state index in [-0.39, 0.29) is 0 Å². The number of ether oxygens (including phenoxy) is 1. The summed E-state index contributed by atoms with van der Waals surface area (Å²) in [6, 6.07) is 5.22. The zero-order valence-electron chi connectivity index (χ0n) is 13.1.